The van der Waals surface area contributed by atoms with Crippen molar-refractivity contribution in [3.63, 3.8) is 0 Å². The number of benzene rings is 1. The Morgan fingerprint density at radius 3 is 2.50 bits per heavy atom. The number of ether oxygens (including phenoxy) is 1. The third-order valence-electron chi connectivity index (χ3n) is 3.78. The first-order chi connectivity index (χ1) is 8.72. The molecule has 2 atom stereocenters. The Bertz CT molecular complexity index is 399. The number of rotatable bonds is 3. The molecule has 0 spiro atoms. The third-order valence-corrected chi connectivity index (χ3v) is 3.78. The van der Waals surface area contributed by atoms with Crippen molar-refractivity contribution in [3.8, 4) is 5.75 Å². The molecular formula is C15H21NO2. The van der Waals surface area contributed by atoms with Crippen LogP contribution >= 0.6 is 0 Å². The van der Waals surface area contributed by atoms with Gasteiger partial charge < -0.3 is 10.5 Å². The molecule has 0 radical (unpaired) electrons. The lowest BCUT2D eigenvalue weighted by molar-refractivity contribution is 0.0894. The van der Waals surface area contributed by atoms with E-state index in [1.165, 1.54) is 6.42 Å². The SMILES string of the molecule is COc1ccc(C(=O)C2CCCCCC2N)cc1. The second-order valence-corrected chi connectivity index (χ2v) is 5.00. The van der Waals surface area contributed by atoms with E-state index < -0.39 is 0 Å². The van der Waals surface area contributed by atoms with Crippen LogP contribution in [0, 0.1) is 5.92 Å². The summed E-state index contributed by atoms with van der Waals surface area (Å²) in [5.74, 6) is 0.949. The van der Waals surface area contributed by atoms with Crippen molar-refractivity contribution in [2.24, 2.45) is 11.7 Å². The van der Waals surface area contributed by atoms with Gasteiger partial charge in [0.2, 0.25) is 0 Å². The van der Waals surface area contributed by atoms with Gasteiger partial charge in [-0.1, -0.05) is 19.3 Å². The molecule has 3 heteroatoms. The highest BCUT2D eigenvalue weighted by Crippen LogP contribution is 2.26. The van der Waals surface area contributed by atoms with E-state index in [2.05, 4.69) is 0 Å². The molecule has 0 heterocycles. The number of ketones is 1. The van der Waals surface area contributed by atoms with E-state index in [0.717, 1.165) is 37.0 Å². The monoisotopic (exact) mass is 247 g/mol. The van der Waals surface area contributed by atoms with Crippen molar-refractivity contribution in [2.45, 2.75) is 38.1 Å². The third kappa shape index (κ3) is 2.91. The first-order valence-electron chi connectivity index (χ1n) is 6.66. The Kier molecular flexibility index (Phi) is 4.37. The minimum atomic E-state index is -0.0131. The summed E-state index contributed by atoms with van der Waals surface area (Å²) in [5, 5.41) is 0. The first-order valence-corrected chi connectivity index (χ1v) is 6.66. The van der Waals surface area contributed by atoms with Crippen molar-refractivity contribution >= 4 is 5.78 Å². The van der Waals surface area contributed by atoms with Crippen LogP contribution in [-0.4, -0.2) is 18.9 Å². The largest absolute Gasteiger partial charge is 0.497 e. The fourth-order valence-corrected chi connectivity index (χ4v) is 2.63. The quantitative estimate of drug-likeness (QED) is 0.660. The smallest absolute Gasteiger partial charge is 0.167 e. The standard InChI is InChI=1S/C15H21NO2/c1-18-12-9-7-11(8-10-12)15(17)13-5-3-2-4-6-14(13)16/h7-10,13-14H,2-6,16H2,1H3. The maximum Gasteiger partial charge on any atom is 0.167 e. The summed E-state index contributed by atoms with van der Waals surface area (Å²) in [6.07, 6.45) is 5.34. The average molecular weight is 247 g/mol. The Hall–Kier alpha value is -1.35. The Morgan fingerprint density at radius 1 is 1.17 bits per heavy atom. The molecule has 1 fully saturated rings. The summed E-state index contributed by atoms with van der Waals surface area (Å²) in [5.41, 5.74) is 6.88. The number of carbonyl (C=O) groups is 1. The Morgan fingerprint density at radius 2 is 1.83 bits per heavy atom. The van der Waals surface area contributed by atoms with Crippen LogP contribution < -0.4 is 10.5 Å². The minimum absolute atomic E-state index is 0.0131. The molecule has 3 nitrogen and oxygen atoms in total. The summed E-state index contributed by atoms with van der Waals surface area (Å²) < 4.78 is 5.10. The zero-order valence-corrected chi connectivity index (χ0v) is 10.9. The van der Waals surface area contributed by atoms with E-state index in [0.29, 0.717) is 0 Å². The number of carbonyl (C=O) groups excluding carboxylic acids is 1. The van der Waals surface area contributed by atoms with Crippen molar-refractivity contribution in [1.29, 1.82) is 0 Å². The molecule has 98 valence electrons. The lowest BCUT2D eigenvalue weighted by Gasteiger charge is -2.20. The fourth-order valence-electron chi connectivity index (χ4n) is 2.63. The molecule has 0 saturated heterocycles. The van der Waals surface area contributed by atoms with Crippen LogP contribution in [0.3, 0.4) is 0 Å². The fraction of sp³-hybridized carbons (Fsp3) is 0.533. The second kappa shape index (κ2) is 6.01. The molecule has 2 rings (SSSR count). The highest BCUT2D eigenvalue weighted by Gasteiger charge is 2.27. The number of Topliss-reactive ketones (excluding diaryl/α,β-unsaturated/α-hetero) is 1. The van der Waals surface area contributed by atoms with Gasteiger partial charge in [-0.25, -0.2) is 0 Å². The number of hydrogen-bond acceptors (Lipinski definition) is 3. The molecule has 1 aliphatic carbocycles. The van der Waals surface area contributed by atoms with Crippen LogP contribution in [0.1, 0.15) is 42.5 Å². The Labute approximate surface area is 108 Å². The Balaban J connectivity index is 2.13. The summed E-state index contributed by atoms with van der Waals surface area (Å²) in [6, 6.07) is 7.34. The highest BCUT2D eigenvalue weighted by molar-refractivity contribution is 5.98. The number of hydrogen-bond donors (Lipinski definition) is 1. The van der Waals surface area contributed by atoms with Crippen molar-refractivity contribution in [1.82, 2.24) is 0 Å². The predicted octanol–water partition coefficient (Wildman–Crippen LogP) is 2.79. The van der Waals surface area contributed by atoms with E-state index in [1.54, 1.807) is 7.11 Å². The molecule has 1 aliphatic rings. The summed E-state index contributed by atoms with van der Waals surface area (Å²) in [4.78, 5) is 12.4. The van der Waals surface area contributed by atoms with E-state index in [9.17, 15) is 4.79 Å². The molecule has 1 aromatic rings. The van der Waals surface area contributed by atoms with E-state index in [-0.39, 0.29) is 17.7 Å². The van der Waals surface area contributed by atoms with Gasteiger partial charge in [0, 0.05) is 17.5 Å². The van der Waals surface area contributed by atoms with Gasteiger partial charge in [-0.05, 0) is 37.1 Å². The average Bonchev–Trinajstić information content (AvgIpc) is 2.63. The van der Waals surface area contributed by atoms with E-state index >= 15 is 0 Å². The molecule has 0 amide bonds. The molecule has 0 aliphatic heterocycles. The molecule has 0 bridgehead atoms. The molecule has 1 saturated carbocycles. The second-order valence-electron chi connectivity index (χ2n) is 5.00. The lowest BCUT2D eigenvalue weighted by Crippen LogP contribution is -2.34. The molecule has 18 heavy (non-hydrogen) atoms. The van der Waals surface area contributed by atoms with Gasteiger partial charge in [0.05, 0.1) is 7.11 Å². The van der Waals surface area contributed by atoms with Gasteiger partial charge in [-0.2, -0.15) is 0 Å². The summed E-state index contributed by atoms with van der Waals surface area (Å²) in [6.45, 7) is 0. The zero-order valence-electron chi connectivity index (χ0n) is 10.9. The first kappa shape index (κ1) is 13.1. The van der Waals surface area contributed by atoms with Crippen LogP contribution in [0.25, 0.3) is 0 Å². The van der Waals surface area contributed by atoms with E-state index in [4.69, 9.17) is 10.5 Å². The normalized spacial score (nSPS) is 24.3. The van der Waals surface area contributed by atoms with Gasteiger partial charge >= 0.3 is 0 Å². The van der Waals surface area contributed by atoms with Crippen LogP contribution in [-0.2, 0) is 0 Å². The predicted molar refractivity (Wildman–Crippen MR) is 71.9 cm³/mol. The molecule has 0 aromatic heterocycles. The van der Waals surface area contributed by atoms with Crippen molar-refractivity contribution in [3.05, 3.63) is 29.8 Å². The molecular weight excluding hydrogens is 226 g/mol. The molecule has 2 N–H and O–H groups in total. The van der Waals surface area contributed by atoms with Gasteiger partial charge in [0.25, 0.3) is 0 Å². The maximum absolute atomic E-state index is 12.4. The summed E-state index contributed by atoms with van der Waals surface area (Å²) in [7, 11) is 1.62. The van der Waals surface area contributed by atoms with Crippen LogP contribution in [0.2, 0.25) is 0 Å². The topological polar surface area (TPSA) is 52.3 Å². The zero-order chi connectivity index (χ0) is 13.0. The van der Waals surface area contributed by atoms with Gasteiger partial charge in [-0.15, -0.1) is 0 Å². The molecule has 1 aromatic carbocycles. The van der Waals surface area contributed by atoms with Crippen molar-refractivity contribution < 1.29 is 9.53 Å². The van der Waals surface area contributed by atoms with Crippen molar-refractivity contribution in [2.75, 3.05) is 7.11 Å². The van der Waals surface area contributed by atoms with E-state index in [1.807, 2.05) is 24.3 Å². The van der Waals surface area contributed by atoms with Crippen LogP contribution in [0.15, 0.2) is 24.3 Å². The lowest BCUT2D eigenvalue weighted by atomic mass is 9.87. The van der Waals surface area contributed by atoms with Crippen LogP contribution in [0.4, 0.5) is 0 Å². The van der Waals surface area contributed by atoms with Crippen LogP contribution in [0.5, 0.6) is 5.75 Å². The maximum atomic E-state index is 12.4. The number of methoxy groups -OCH3 is 1. The molecule has 2 unspecified atom stereocenters. The number of nitrogens with two attached hydrogens (primary N) is 1. The van der Waals surface area contributed by atoms with Gasteiger partial charge in [-0.3, -0.25) is 4.79 Å². The highest BCUT2D eigenvalue weighted by atomic mass is 16.5. The van der Waals surface area contributed by atoms with Gasteiger partial charge in [0.15, 0.2) is 5.78 Å². The summed E-state index contributed by atoms with van der Waals surface area (Å²) >= 11 is 0. The van der Waals surface area contributed by atoms with Gasteiger partial charge in [0.1, 0.15) is 5.75 Å². The minimum Gasteiger partial charge on any atom is -0.497 e.